The predicted octanol–water partition coefficient (Wildman–Crippen LogP) is 3.29. The molecule has 1 aliphatic carbocycles. The molecule has 138 valence electrons. The molecule has 0 spiro atoms. The Hall–Kier alpha value is -2.14. The quantitative estimate of drug-likeness (QED) is 0.812. The summed E-state index contributed by atoms with van der Waals surface area (Å²) in [6.07, 6.45) is 1.32. The second-order valence-corrected chi connectivity index (χ2v) is 10.1. The van der Waals surface area contributed by atoms with E-state index in [9.17, 15) is 13.2 Å². The van der Waals surface area contributed by atoms with Crippen LogP contribution in [0.4, 0.5) is 0 Å². The molecule has 0 radical (unpaired) electrons. The molecule has 1 saturated carbocycles. The highest BCUT2D eigenvalue weighted by molar-refractivity contribution is 7.94. The van der Waals surface area contributed by atoms with Gasteiger partial charge in [0.2, 0.25) is 5.91 Å². The Balaban J connectivity index is 1.79. The Morgan fingerprint density at radius 2 is 1.46 bits per heavy atom. The van der Waals surface area contributed by atoms with Gasteiger partial charge in [-0.3, -0.25) is 4.79 Å². The molecule has 0 aromatic heterocycles. The van der Waals surface area contributed by atoms with Gasteiger partial charge in [0.25, 0.3) is 0 Å². The first kappa shape index (κ1) is 18.6. The van der Waals surface area contributed by atoms with Crippen molar-refractivity contribution in [2.75, 3.05) is 6.54 Å². The van der Waals surface area contributed by atoms with E-state index in [1.54, 1.807) is 0 Å². The van der Waals surface area contributed by atoms with Gasteiger partial charge in [0, 0.05) is 12.5 Å². The van der Waals surface area contributed by atoms with Crippen LogP contribution in [0, 0.1) is 0 Å². The summed E-state index contributed by atoms with van der Waals surface area (Å²) in [5.41, 5.74) is 2.17. The lowest BCUT2D eigenvalue weighted by atomic mass is 9.91. The zero-order valence-electron chi connectivity index (χ0n) is 15.2. The molecule has 5 heteroatoms. The van der Waals surface area contributed by atoms with Crippen LogP contribution in [0.15, 0.2) is 60.7 Å². The first-order valence-electron chi connectivity index (χ1n) is 8.95. The highest BCUT2D eigenvalue weighted by Crippen LogP contribution is 2.36. The highest BCUT2D eigenvalue weighted by atomic mass is 32.2. The average Bonchev–Trinajstić information content (AvgIpc) is 3.49. The third-order valence-corrected chi connectivity index (χ3v) is 8.05. The minimum absolute atomic E-state index is 0.0271. The first-order chi connectivity index (χ1) is 12.3. The molecular formula is C21H25NO3S. The van der Waals surface area contributed by atoms with Crippen LogP contribution >= 0.6 is 0 Å². The molecule has 0 bridgehead atoms. The Kier molecular flexibility index (Phi) is 5.19. The summed E-state index contributed by atoms with van der Waals surface area (Å²) in [7, 11) is -3.45. The maximum absolute atomic E-state index is 12.7. The molecule has 0 saturated heterocycles. The van der Waals surface area contributed by atoms with Gasteiger partial charge in [-0.05, 0) is 37.8 Å². The number of carbonyl (C=O) groups is 1. The van der Waals surface area contributed by atoms with Crippen LogP contribution in [0.5, 0.6) is 0 Å². The monoisotopic (exact) mass is 371 g/mol. The minimum atomic E-state index is -3.45. The number of benzene rings is 2. The summed E-state index contributed by atoms with van der Waals surface area (Å²) in [6.45, 7) is 3.38. The Morgan fingerprint density at radius 1 is 1.00 bits per heavy atom. The van der Waals surface area contributed by atoms with Crippen molar-refractivity contribution in [1.29, 1.82) is 0 Å². The summed E-state index contributed by atoms with van der Waals surface area (Å²) >= 11 is 0. The number of carbonyl (C=O) groups excluding carboxylic acids is 1. The molecule has 26 heavy (non-hydrogen) atoms. The maximum atomic E-state index is 12.7. The summed E-state index contributed by atoms with van der Waals surface area (Å²) in [6, 6.07) is 19.9. The molecule has 2 aromatic carbocycles. The molecular weight excluding hydrogens is 346 g/mol. The maximum Gasteiger partial charge on any atom is 0.240 e. The summed E-state index contributed by atoms with van der Waals surface area (Å²) in [5, 5.41) is 2.53. The Morgan fingerprint density at radius 3 is 1.88 bits per heavy atom. The highest BCUT2D eigenvalue weighted by Gasteiger charge is 2.50. The van der Waals surface area contributed by atoms with E-state index in [-0.39, 0.29) is 11.2 Å². The fourth-order valence-corrected chi connectivity index (χ4v) is 5.05. The Labute approximate surface area is 155 Å². The lowest BCUT2D eigenvalue weighted by Gasteiger charge is -2.26. The summed E-state index contributed by atoms with van der Waals surface area (Å²) in [4.78, 5) is 12.7. The van der Waals surface area contributed by atoms with Gasteiger partial charge in [-0.2, -0.15) is 0 Å². The molecule has 1 amide bonds. The number of hydrogen-bond acceptors (Lipinski definition) is 3. The van der Waals surface area contributed by atoms with Gasteiger partial charge in [-0.15, -0.1) is 0 Å². The summed E-state index contributed by atoms with van der Waals surface area (Å²) in [5.74, 6) is -0.456. The van der Waals surface area contributed by atoms with Gasteiger partial charge in [0.05, 0.1) is 5.25 Å². The van der Waals surface area contributed by atoms with E-state index in [4.69, 9.17) is 0 Å². The van der Waals surface area contributed by atoms with Gasteiger partial charge in [0.1, 0.15) is 4.75 Å². The lowest BCUT2D eigenvalue weighted by Crippen LogP contribution is -2.50. The van der Waals surface area contributed by atoms with Gasteiger partial charge in [-0.25, -0.2) is 8.42 Å². The number of hydrogen-bond donors (Lipinski definition) is 1. The van der Waals surface area contributed by atoms with Crippen molar-refractivity contribution in [1.82, 2.24) is 5.32 Å². The van der Waals surface area contributed by atoms with Crippen molar-refractivity contribution in [2.24, 2.45) is 0 Å². The van der Waals surface area contributed by atoms with Crippen LogP contribution in [0.25, 0.3) is 0 Å². The smallest absolute Gasteiger partial charge is 0.240 e. The molecule has 3 rings (SSSR count). The van der Waals surface area contributed by atoms with E-state index in [2.05, 4.69) is 5.32 Å². The fraction of sp³-hybridized carbons (Fsp3) is 0.381. The Bertz CT molecular complexity index is 817. The topological polar surface area (TPSA) is 63.2 Å². The second kappa shape index (κ2) is 7.23. The van der Waals surface area contributed by atoms with E-state index in [0.717, 1.165) is 11.1 Å². The fourth-order valence-electron chi connectivity index (χ4n) is 3.13. The molecule has 4 nitrogen and oxygen atoms in total. The predicted molar refractivity (Wildman–Crippen MR) is 104 cm³/mol. The summed E-state index contributed by atoms with van der Waals surface area (Å²) < 4.78 is 23.7. The van der Waals surface area contributed by atoms with Crippen LogP contribution in [-0.4, -0.2) is 30.9 Å². The van der Waals surface area contributed by atoms with E-state index < -0.39 is 20.5 Å². The molecule has 1 fully saturated rings. The SMILES string of the molecule is CC(C)(C(=O)NCC(c1ccccc1)c1ccccc1)S(=O)(=O)C1CC1. The van der Waals surface area contributed by atoms with Crippen LogP contribution in [0.1, 0.15) is 43.7 Å². The van der Waals surface area contributed by atoms with Crippen LogP contribution < -0.4 is 5.32 Å². The zero-order valence-corrected chi connectivity index (χ0v) is 16.0. The average molecular weight is 372 g/mol. The van der Waals surface area contributed by atoms with Crippen molar-refractivity contribution < 1.29 is 13.2 Å². The number of nitrogens with one attached hydrogen (secondary N) is 1. The molecule has 2 aromatic rings. The van der Waals surface area contributed by atoms with E-state index in [0.29, 0.717) is 19.4 Å². The van der Waals surface area contributed by atoms with Crippen molar-refractivity contribution in [3.8, 4) is 0 Å². The molecule has 0 unspecified atom stereocenters. The van der Waals surface area contributed by atoms with Crippen LogP contribution in [0.2, 0.25) is 0 Å². The first-order valence-corrected chi connectivity index (χ1v) is 10.5. The van der Waals surface area contributed by atoms with Crippen molar-refractivity contribution in [2.45, 2.75) is 42.6 Å². The third kappa shape index (κ3) is 3.68. The minimum Gasteiger partial charge on any atom is -0.354 e. The third-order valence-electron chi connectivity index (χ3n) is 5.09. The lowest BCUT2D eigenvalue weighted by molar-refractivity contribution is -0.122. The van der Waals surface area contributed by atoms with Crippen molar-refractivity contribution >= 4 is 15.7 Å². The molecule has 0 atom stereocenters. The number of sulfone groups is 1. The normalized spacial score (nSPS) is 15.0. The van der Waals surface area contributed by atoms with Crippen molar-refractivity contribution in [3.63, 3.8) is 0 Å². The van der Waals surface area contributed by atoms with Gasteiger partial charge >= 0.3 is 0 Å². The van der Waals surface area contributed by atoms with E-state index in [1.807, 2.05) is 60.7 Å². The number of amides is 1. The molecule has 0 aliphatic heterocycles. The van der Waals surface area contributed by atoms with Crippen molar-refractivity contribution in [3.05, 3.63) is 71.8 Å². The van der Waals surface area contributed by atoms with Crippen LogP contribution in [-0.2, 0) is 14.6 Å². The molecule has 0 heterocycles. The second-order valence-electron chi connectivity index (χ2n) is 7.34. The van der Waals surface area contributed by atoms with E-state index in [1.165, 1.54) is 13.8 Å². The van der Waals surface area contributed by atoms with Gasteiger partial charge in [-0.1, -0.05) is 60.7 Å². The standard InChI is InChI=1S/C21H25NO3S/c1-21(2,26(24,25)18-13-14-18)20(23)22-15-19(16-9-5-3-6-10-16)17-11-7-4-8-12-17/h3-12,18-19H,13-15H2,1-2H3,(H,22,23). The van der Waals surface area contributed by atoms with E-state index >= 15 is 0 Å². The number of rotatable bonds is 7. The zero-order chi connectivity index (χ0) is 18.8. The van der Waals surface area contributed by atoms with Crippen LogP contribution in [0.3, 0.4) is 0 Å². The van der Waals surface area contributed by atoms with Gasteiger partial charge in [0.15, 0.2) is 9.84 Å². The molecule has 1 N–H and O–H groups in total. The largest absolute Gasteiger partial charge is 0.354 e. The molecule has 1 aliphatic rings. The van der Waals surface area contributed by atoms with Gasteiger partial charge < -0.3 is 5.32 Å².